The minimum atomic E-state index is -0.473. The molecule has 1 aromatic heterocycles. The lowest BCUT2D eigenvalue weighted by Gasteiger charge is -2.29. The molecule has 4 heteroatoms. The molecule has 94 valence electrons. The summed E-state index contributed by atoms with van der Waals surface area (Å²) >= 11 is 0. The second-order valence-electron chi connectivity index (χ2n) is 4.41. The first-order valence-corrected chi connectivity index (χ1v) is 5.91. The predicted octanol–water partition coefficient (Wildman–Crippen LogP) is 1.47. The fourth-order valence-corrected chi connectivity index (χ4v) is 1.76. The molecule has 0 spiro atoms. The maximum absolute atomic E-state index is 9.62. The van der Waals surface area contributed by atoms with Crippen molar-refractivity contribution in [3.05, 3.63) is 60.2 Å². The third-order valence-corrected chi connectivity index (χ3v) is 3.00. The van der Waals surface area contributed by atoms with E-state index in [1.807, 2.05) is 37.3 Å². The van der Waals surface area contributed by atoms with E-state index in [9.17, 15) is 5.11 Å². The van der Waals surface area contributed by atoms with E-state index in [0.717, 1.165) is 11.3 Å². The maximum atomic E-state index is 9.62. The van der Waals surface area contributed by atoms with E-state index in [1.165, 1.54) is 0 Å². The van der Waals surface area contributed by atoms with E-state index >= 15 is 0 Å². The van der Waals surface area contributed by atoms with Gasteiger partial charge in [0.2, 0.25) is 0 Å². The highest BCUT2D eigenvalue weighted by Crippen LogP contribution is 2.20. The normalized spacial score (nSPS) is 14.1. The molecule has 0 amide bonds. The molecule has 0 aliphatic heterocycles. The van der Waals surface area contributed by atoms with Gasteiger partial charge in [0.05, 0.1) is 17.8 Å². The summed E-state index contributed by atoms with van der Waals surface area (Å²) in [5.74, 6) is 0. The number of nitrogens with zero attached hydrogens (tertiary/aromatic N) is 2. The van der Waals surface area contributed by atoms with Crippen LogP contribution in [0.1, 0.15) is 18.2 Å². The molecule has 0 bridgehead atoms. The molecule has 0 fully saturated rings. The van der Waals surface area contributed by atoms with Gasteiger partial charge in [-0.3, -0.25) is 15.3 Å². The van der Waals surface area contributed by atoms with Crippen LogP contribution in [0, 0.1) is 0 Å². The largest absolute Gasteiger partial charge is 0.394 e. The first-order chi connectivity index (χ1) is 8.74. The molecule has 4 nitrogen and oxygen atoms in total. The van der Waals surface area contributed by atoms with Gasteiger partial charge in [0, 0.05) is 25.1 Å². The van der Waals surface area contributed by atoms with E-state index in [2.05, 4.69) is 15.3 Å². The molecule has 1 aromatic carbocycles. The van der Waals surface area contributed by atoms with Crippen LogP contribution in [-0.2, 0) is 12.1 Å². The molecule has 18 heavy (non-hydrogen) atoms. The van der Waals surface area contributed by atoms with E-state index in [-0.39, 0.29) is 6.61 Å². The van der Waals surface area contributed by atoms with Gasteiger partial charge >= 0.3 is 0 Å². The van der Waals surface area contributed by atoms with Gasteiger partial charge in [0.15, 0.2) is 0 Å². The van der Waals surface area contributed by atoms with Gasteiger partial charge in [-0.1, -0.05) is 30.3 Å². The summed E-state index contributed by atoms with van der Waals surface area (Å²) in [7, 11) is 0. The second kappa shape index (κ2) is 5.71. The van der Waals surface area contributed by atoms with Gasteiger partial charge in [-0.05, 0) is 12.5 Å². The topological polar surface area (TPSA) is 58.0 Å². The molecule has 0 saturated heterocycles. The Morgan fingerprint density at radius 1 is 1.22 bits per heavy atom. The van der Waals surface area contributed by atoms with Gasteiger partial charge in [-0.2, -0.15) is 0 Å². The van der Waals surface area contributed by atoms with Crippen LogP contribution in [0.4, 0.5) is 0 Å². The van der Waals surface area contributed by atoms with Crippen LogP contribution in [-0.4, -0.2) is 21.7 Å². The number of aliphatic hydroxyl groups excluding tert-OH is 1. The van der Waals surface area contributed by atoms with Crippen LogP contribution >= 0.6 is 0 Å². The first kappa shape index (κ1) is 12.7. The van der Waals surface area contributed by atoms with Gasteiger partial charge in [0.1, 0.15) is 0 Å². The first-order valence-electron chi connectivity index (χ1n) is 5.91. The quantitative estimate of drug-likeness (QED) is 0.835. The number of rotatable bonds is 5. The summed E-state index contributed by atoms with van der Waals surface area (Å²) in [6.45, 7) is 2.57. The molecule has 1 unspecified atom stereocenters. The van der Waals surface area contributed by atoms with E-state index in [0.29, 0.717) is 6.54 Å². The summed E-state index contributed by atoms with van der Waals surface area (Å²) < 4.78 is 0. The highest BCUT2D eigenvalue weighted by molar-refractivity contribution is 5.23. The van der Waals surface area contributed by atoms with Crippen LogP contribution in [0.3, 0.4) is 0 Å². The standard InChI is InChI=1S/C14H17N3O/c1-14(11-18,12-5-3-2-4-6-12)17-10-13-9-15-7-8-16-13/h2-9,17-18H,10-11H2,1H3. The Bertz CT molecular complexity index is 475. The molecule has 0 aliphatic carbocycles. The van der Waals surface area contributed by atoms with Crippen LogP contribution in [0.25, 0.3) is 0 Å². The lowest BCUT2D eigenvalue weighted by molar-refractivity contribution is 0.173. The maximum Gasteiger partial charge on any atom is 0.0724 e. The Balaban J connectivity index is 2.10. The number of aromatic nitrogens is 2. The highest BCUT2D eigenvalue weighted by atomic mass is 16.3. The van der Waals surface area contributed by atoms with E-state index < -0.39 is 5.54 Å². The molecule has 2 N–H and O–H groups in total. The summed E-state index contributed by atoms with van der Waals surface area (Å²) in [5.41, 5.74) is 1.43. The SMILES string of the molecule is CC(CO)(NCc1cnccn1)c1ccccc1. The Kier molecular flexibility index (Phi) is 4.02. The Labute approximate surface area is 107 Å². The minimum Gasteiger partial charge on any atom is -0.394 e. The van der Waals surface area contributed by atoms with Crippen molar-refractivity contribution in [3.63, 3.8) is 0 Å². The van der Waals surface area contributed by atoms with Crippen molar-refractivity contribution in [2.24, 2.45) is 0 Å². The lowest BCUT2D eigenvalue weighted by atomic mass is 9.93. The van der Waals surface area contributed by atoms with Gasteiger partial charge in [0.25, 0.3) is 0 Å². The number of hydrogen-bond donors (Lipinski definition) is 2. The smallest absolute Gasteiger partial charge is 0.0724 e. The van der Waals surface area contributed by atoms with E-state index in [1.54, 1.807) is 18.6 Å². The van der Waals surface area contributed by atoms with E-state index in [4.69, 9.17) is 0 Å². The van der Waals surface area contributed by atoms with Crippen molar-refractivity contribution >= 4 is 0 Å². The van der Waals surface area contributed by atoms with Crippen molar-refractivity contribution in [1.29, 1.82) is 0 Å². The van der Waals surface area contributed by atoms with Gasteiger partial charge in [-0.15, -0.1) is 0 Å². The second-order valence-corrected chi connectivity index (χ2v) is 4.41. The average molecular weight is 243 g/mol. The number of aliphatic hydroxyl groups is 1. The zero-order valence-corrected chi connectivity index (χ0v) is 10.4. The number of benzene rings is 1. The van der Waals surface area contributed by atoms with Crippen molar-refractivity contribution < 1.29 is 5.11 Å². The zero-order valence-electron chi connectivity index (χ0n) is 10.4. The van der Waals surface area contributed by atoms with Crippen molar-refractivity contribution in [2.45, 2.75) is 19.0 Å². The molecule has 2 rings (SSSR count). The molecule has 0 radical (unpaired) electrons. The summed E-state index contributed by atoms with van der Waals surface area (Å²) in [6, 6.07) is 9.89. The molecular formula is C14H17N3O. The summed E-state index contributed by atoms with van der Waals surface area (Å²) in [4.78, 5) is 8.22. The molecular weight excluding hydrogens is 226 g/mol. The van der Waals surface area contributed by atoms with Crippen LogP contribution < -0.4 is 5.32 Å². The van der Waals surface area contributed by atoms with Crippen LogP contribution in [0.2, 0.25) is 0 Å². The fraction of sp³-hybridized carbons (Fsp3) is 0.286. The monoisotopic (exact) mass is 243 g/mol. The average Bonchev–Trinajstić information content (AvgIpc) is 2.47. The summed E-state index contributed by atoms with van der Waals surface area (Å²) in [5, 5.41) is 12.9. The molecule has 0 saturated carbocycles. The zero-order chi connectivity index (χ0) is 12.8. The molecule has 1 heterocycles. The number of nitrogens with one attached hydrogen (secondary N) is 1. The third kappa shape index (κ3) is 2.91. The highest BCUT2D eigenvalue weighted by Gasteiger charge is 2.24. The van der Waals surface area contributed by atoms with Gasteiger partial charge in [-0.25, -0.2) is 0 Å². The van der Waals surface area contributed by atoms with Crippen molar-refractivity contribution in [3.8, 4) is 0 Å². The summed E-state index contributed by atoms with van der Waals surface area (Å²) in [6.07, 6.45) is 5.03. The van der Waals surface area contributed by atoms with Crippen molar-refractivity contribution in [1.82, 2.24) is 15.3 Å². The Morgan fingerprint density at radius 3 is 2.61 bits per heavy atom. The van der Waals surface area contributed by atoms with Gasteiger partial charge < -0.3 is 5.11 Å². The minimum absolute atomic E-state index is 0.0251. The fourth-order valence-electron chi connectivity index (χ4n) is 1.76. The molecule has 0 aliphatic rings. The molecule has 2 aromatic rings. The molecule has 1 atom stereocenters. The van der Waals surface area contributed by atoms with Crippen molar-refractivity contribution in [2.75, 3.05) is 6.61 Å². The Morgan fingerprint density at radius 2 is 2.00 bits per heavy atom. The Hall–Kier alpha value is -1.78. The lowest BCUT2D eigenvalue weighted by Crippen LogP contribution is -2.42. The number of hydrogen-bond acceptors (Lipinski definition) is 4. The third-order valence-electron chi connectivity index (χ3n) is 3.00. The van der Waals surface area contributed by atoms with Crippen LogP contribution in [0.15, 0.2) is 48.9 Å². The van der Waals surface area contributed by atoms with Crippen LogP contribution in [0.5, 0.6) is 0 Å². The predicted molar refractivity (Wildman–Crippen MR) is 69.8 cm³/mol.